The molecule has 3 rings (SSSR count). The van der Waals surface area contributed by atoms with E-state index in [0.29, 0.717) is 12.3 Å². The van der Waals surface area contributed by atoms with Gasteiger partial charge in [-0.15, -0.1) is 0 Å². The van der Waals surface area contributed by atoms with Crippen LogP contribution in [0.5, 0.6) is 5.75 Å². The Labute approximate surface area is 147 Å². The Kier molecular flexibility index (Phi) is 4.74. The van der Waals surface area contributed by atoms with Gasteiger partial charge < -0.3 is 15.0 Å². The number of nitrogens with one attached hydrogen (secondary N) is 2. The zero-order valence-corrected chi connectivity index (χ0v) is 14.8. The van der Waals surface area contributed by atoms with Gasteiger partial charge in [0.05, 0.1) is 17.6 Å². The standard InChI is InChI=1S/C20H23N3O2/c1-20(2,3)14-8-10-15(11-9-14)25-13-19(24)21-12-18-22-16-6-4-5-7-17(16)23-18/h4-11H,12-13H2,1-3H3,(H,21,24)(H,22,23). The third kappa shape index (κ3) is 4.38. The van der Waals surface area contributed by atoms with Crippen LogP contribution in [0.3, 0.4) is 0 Å². The van der Waals surface area contributed by atoms with Crippen molar-refractivity contribution in [3.63, 3.8) is 0 Å². The van der Waals surface area contributed by atoms with Crippen molar-refractivity contribution in [2.24, 2.45) is 0 Å². The molecule has 0 saturated carbocycles. The van der Waals surface area contributed by atoms with Crippen molar-refractivity contribution in [2.45, 2.75) is 32.7 Å². The van der Waals surface area contributed by atoms with E-state index in [1.54, 1.807) is 0 Å². The number of fused-ring (bicyclic) bond motifs is 1. The Balaban J connectivity index is 1.49. The van der Waals surface area contributed by atoms with Crippen molar-refractivity contribution < 1.29 is 9.53 Å². The quantitative estimate of drug-likeness (QED) is 0.748. The largest absolute Gasteiger partial charge is 0.484 e. The van der Waals surface area contributed by atoms with E-state index in [1.807, 2.05) is 48.5 Å². The average molecular weight is 337 g/mol. The molecular formula is C20H23N3O2. The van der Waals surface area contributed by atoms with Crippen molar-refractivity contribution >= 4 is 16.9 Å². The molecule has 0 aliphatic rings. The first-order valence-electron chi connectivity index (χ1n) is 8.35. The number of hydrogen-bond acceptors (Lipinski definition) is 3. The van der Waals surface area contributed by atoms with Crippen LogP contribution < -0.4 is 10.1 Å². The fourth-order valence-corrected chi connectivity index (χ4v) is 2.52. The smallest absolute Gasteiger partial charge is 0.258 e. The molecule has 5 nitrogen and oxygen atoms in total. The minimum absolute atomic E-state index is 0.0188. The Hall–Kier alpha value is -2.82. The van der Waals surface area contributed by atoms with Crippen LogP contribution in [0.1, 0.15) is 32.2 Å². The SMILES string of the molecule is CC(C)(C)c1ccc(OCC(=O)NCc2nc3ccccc3[nH]2)cc1. The van der Waals surface area contributed by atoms with E-state index in [-0.39, 0.29) is 17.9 Å². The number of H-pyrrole nitrogens is 1. The summed E-state index contributed by atoms with van der Waals surface area (Å²) >= 11 is 0. The Morgan fingerprint density at radius 1 is 1.12 bits per heavy atom. The zero-order valence-electron chi connectivity index (χ0n) is 14.8. The molecule has 25 heavy (non-hydrogen) atoms. The zero-order chi connectivity index (χ0) is 17.9. The number of aromatic amines is 1. The van der Waals surface area contributed by atoms with Gasteiger partial charge in [-0.25, -0.2) is 4.98 Å². The first kappa shape index (κ1) is 17.0. The van der Waals surface area contributed by atoms with E-state index in [1.165, 1.54) is 5.56 Å². The molecule has 130 valence electrons. The van der Waals surface area contributed by atoms with E-state index in [2.05, 4.69) is 36.1 Å². The minimum atomic E-state index is -0.180. The molecule has 2 N–H and O–H groups in total. The van der Waals surface area contributed by atoms with Gasteiger partial charge in [-0.05, 0) is 35.2 Å². The van der Waals surface area contributed by atoms with Crippen molar-refractivity contribution in [1.29, 1.82) is 0 Å². The highest BCUT2D eigenvalue weighted by molar-refractivity contribution is 5.78. The molecule has 0 radical (unpaired) electrons. The van der Waals surface area contributed by atoms with E-state index in [9.17, 15) is 4.79 Å². The summed E-state index contributed by atoms with van der Waals surface area (Å²) in [6.07, 6.45) is 0. The van der Waals surface area contributed by atoms with Gasteiger partial charge in [0.25, 0.3) is 5.91 Å². The topological polar surface area (TPSA) is 67.0 Å². The molecule has 0 saturated heterocycles. The fourth-order valence-electron chi connectivity index (χ4n) is 2.52. The highest BCUT2D eigenvalue weighted by atomic mass is 16.5. The molecule has 0 bridgehead atoms. The molecule has 1 amide bonds. The number of nitrogens with zero attached hydrogens (tertiary/aromatic N) is 1. The normalized spacial score (nSPS) is 11.5. The molecule has 0 aliphatic carbocycles. The molecule has 1 aromatic heterocycles. The lowest BCUT2D eigenvalue weighted by atomic mass is 9.87. The molecule has 5 heteroatoms. The lowest BCUT2D eigenvalue weighted by molar-refractivity contribution is -0.123. The Morgan fingerprint density at radius 2 is 1.84 bits per heavy atom. The molecule has 1 heterocycles. The maximum Gasteiger partial charge on any atom is 0.258 e. The van der Waals surface area contributed by atoms with Gasteiger partial charge in [0.1, 0.15) is 11.6 Å². The monoisotopic (exact) mass is 337 g/mol. The number of aromatic nitrogens is 2. The summed E-state index contributed by atoms with van der Waals surface area (Å²) in [7, 11) is 0. The number of amides is 1. The molecule has 2 aromatic carbocycles. The van der Waals surface area contributed by atoms with Gasteiger partial charge >= 0.3 is 0 Å². The van der Waals surface area contributed by atoms with Crippen LogP contribution >= 0.6 is 0 Å². The second kappa shape index (κ2) is 6.97. The summed E-state index contributed by atoms with van der Waals surface area (Å²) in [5.41, 5.74) is 3.18. The van der Waals surface area contributed by atoms with Crippen LogP contribution in [0.2, 0.25) is 0 Å². The van der Waals surface area contributed by atoms with Crippen molar-refractivity contribution in [3.05, 3.63) is 59.9 Å². The Bertz CT molecular complexity index is 828. The first-order chi connectivity index (χ1) is 11.9. The maximum absolute atomic E-state index is 12.0. The van der Waals surface area contributed by atoms with Gasteiger partial charge in [-0.2, -0.15) is 0 Å². The van der Waals surface area contributed by atoms with Gasteiger partial charge in [0.2, 0.25) is 0 Å². The number of para-hydroxylation sites is 2. The molecule has 0 aliphatic heterocycles. The minimum Gasteiger partial charge on any atom is -0.484 e. The van der Waals surface area contributed by atoms with Gasteiger partial charge in [-0.1, -0.05) is 45.0 Å². The van der Waals surface area contributed by atoms with Crippen LogP contribution in [0.4, 0.5) is 0 Å². The van der Waals surface area contributed by atoms with Crippen LogP contribution in [-0.4, -0.2) is 22.5 Å². The van der Waals surface area contributed by atoms with Crippen molar-refractivity contribution in [3.8, 4) is 5.75 Å². The lowest BCUT2D eigenvalue weighted by Gasteiger charge is -2.19. The summed E-state index contributed by atoms with van der Waals surface area (Å²) in [5.74, 6) is 1.23. The van der Waals surface area contributed by atoms with Crippen LogP contribution in [0, 0.1) is 0 Å². The lowest BCUT2D eigenvalue weighted by Crippen LogP contribution is -2.28. The van der Waals surface area contributed by atoms with E-state index in [0.717, 1.165) is 16.9 Å². The Morgan fingerprint density at radius 3 is 2.52 bits per heavy atom. The third-order valence-corrected chi connectivity index (χ3v) is 3.98. The van der Waals surface area contributed by atoms with E-state index >= 15 is 0 Å². The number of carbonyl (C=O) groups is 1. The summed E-state index contributed by atoms with van der Waals surface area (Å²) in [5, 5.41) is 2.81. The summed E-state index contributed by atoms with van der Waals surface area (Å²) in [6, 6.07) is 15.6. The second-order valence-corrected chi connectivity index (χ2v) is 7.04. The molecule has 0 fully saturated rings. The highest BCUT2D eigenvalue weighted by Crippen LogP contribution is 2.24. The van der Waals surface area contributed by atoms with Crippen molar-refractivity contribution in [2.75, 3.05) is 6.61 Å². The highest BCUT2D eigenvalue weighted by Gasteiger charge is 2.13. The summed E-state index contributed by atoms with van der Waals surface area (Å²) < 4.78 is 5.54. The number of imidazole rings is 1. The fraction of sp³-hybridized carbons (Fsp3) is 0.300. The van der Waals surface area contributed by atoms with Gasteiger partial charge in [0.15, 0.2) is 6.61 Å². The van der Waals surface area contributed by atoms with Crippen LogP contribution in [0.15, 0.2) is 48.5 Å². The predicted octanol–water partition coefficient (Wildman–Crippen LogP) is 3.56. The number of ether oxygens (including phenoxy) is 1. The number of carbonyl (C=O) groups excluding carboxylic acids is 1. The van der Waals surface area contributed by atoms with Crippen LogP contribution in [-0.2, 0) is 16.8 Å². The first-order valence-corrected chi connectivity index (χ1v) is 8.35. The molecule has 0 spiro atoms. The molecular weight excluding hydrogens is 314 g/mol. The summed E-state index contributed by atoms with van der Waals surface area (Å²) in [4.78, 5) is 19.6. The van der Waals surface area contributed by atoms with E-state index in [4.69, 9.17) is 4.74 Å². The van der Waals surface area contributed by atoms with Gasteiger partial charge in [-0.3, -0.25) is 4.79 Å². The molecule has 0 atom stereocenters. The van der Waals surface area contributed by atoms with Crippen molar-refractivity contribution in [1.82, 2.24) is 15.3 Å². The number of rotatable bonds is 5. The number of hydrogen-bond donors (Lipinski definition) is 2. The van der Waals surface area contributed by atoms with Gasteiger partial charge in [0, 0.05) is 0 Å². The average Bonchev–Trinajstić information content (AvgIpc) is 3.00. The van der Waals surface area contributed by atoms with E-state index < -0.39 is 0 Å². The molecule has 3 aromatic rings. The predicted molar refractivity (Wildman–Crippen MR) is 98.6 cm³/mol. The van der Waals surface area contributed by atoms with Crippen LogP contribution in [0.25, 0.3) is 11.0 Å². The maximum atomic E-state index is 12.0. The number of benzene rings is 2. The third-order valence-electron chi connectivity index (χ3n) is 3.98. The second-order valence-electron chi connectivity index (χ2n) is 7.04. The molecule has 0 unspecified atom stereocenters. The summed E-state index contributed by atoms with van der Waals surface area (Å²) in [6.45, 7) is 6.81.